The first-order valence-corrected chi connectivity index (χ1v) is 9.57. The van der Waals surface area contributed by atoms with Crippen molar-refractivity contribution in [2.45, 2.75) is 58.5 Å². The Kier molecular flexibility index (Phi) is 6.18. The molecule has 1 aromatic carbocycles. The van der Waals surface area contributed by atoms with E-state index in [0.29, 0.717) is 37.2 Å². The number of oxazole rings is 1. The van der Waals surface area contributed by atoms with Crippen LogP contribution in [-0.4, -0.2) is 52.7 Å². The number of aryl methyl sites for hydroxylation is 1. The van der Waals surface area contributed by atoms with Crippen LogP contribution in [0.25, 0.3) is 11.1 Å². The number of carbonyl (C=O) groups excluding carboxylic acids is 2. The van der Waals surface area contributed by atoms with E-state index in [4.69, 9.17) is 13.9 Å². The zero-order valence-electron chi connectivity index (χ0n) is 16.4. The van der Waals surface area contributed by atoms with Gasteiger partial charge in [0.1, 0.15) is 0 Å². The molecule has 1 fully saturated rings. The first-order chi connectivity index (χ1) is 13.3. The van der Waals surface area contributed by atoms with E-state index < -0.39 is 17.8 Å². The van der Waals surface area contributed by atoms with Crippen LogP contribution in [0.5, 0.6) is 0 Å². The second-order valence-electron chi connectivity index (χ2n) is 7.22. The maximum Gasteiger partial charge on any atom is 0.419 e. The number of hydrogen-bond donors (Lipinski definition) is 0. The Morgan fingerprint density at radius 2 is 1.89 bits per heavy atom. The van der Waals surface area contributed by atoms with E-state index in [9.17, 15) is 14.4 Å². The third kappa shape index (κ3) is 4.62. The lowest BCUT2D eigenvalue weighted by molar-refractivity contribution is -0.164. The number of hydrogen-bond acceptors (Lipinski definition) is 6. The summed E-state index contributed by atoms with van der Waals surface area (Å²) < 4.78 is 17.6. The summed E-state index contributed by atoms with van der Waals surface area (Å²) >= 11 is 0. The summed E-state index contributed by atoms with van der Waals surface area (Å²) in [4.78, 5) is 38.2. The molecule has 28 heavy (non-hydrogen) atoms. The standard InChI is InChI=1S/C20H26N2O6/c1-13-11-21(12-14(2)26-13)19(24)15(3)27-18(23)9-6-10-22-16-7-4-5-8-17(16)28-20(22)25/h4-5,7-8,13-15H,6,9-12H2,1-3H3/t13-,14-,15+/m1/s1. The Hall–Kier alpha value is -2.61. The number of fused-ring (bicyclic) bond motifs is 1. The van der Waals surface area contributed by atoms with Crippen molar-refractivity contribution in [1.82, 2.24) is 9.47 Å². The number of morpholine rings is 1. The minimum atomic E-state index is -0.845. The Morgan fingerprint density at radius 3 is 2.61 bits per heavy atom. The summed E-state index contributed by atoms with van der Waals surface area (Å²) in [5.41, 5.74) is 1.21. The predicted molar refractivity (Wildman–Crippen MR) is 102 cm³/mol. The van der Waals surface area contributed by atoms with E-state index in [1.165, 1.54) is 4.57 Å². The first-order valence-electron chi connectivity index (χ1n) is 9.57. The van der Waals surface area contributed by atoms with Crippen LogP contribution in [0, 0.1) is 0 Å². The summed E-state index contributed by atoms with van der Waals surface area (Å²) in [5.74, 6) is -1.13. The van der Waals surface area contributed by atoms with E-state index in [2.05, 4.69) is 0 Å². The largest absolute Gasteiger partial charge is 0.453 e. The second kappa shape index (κ2) is 8.60. The highest BCUT2D eigenvalue weighted by Crippen LogP contribution is 2.14. The van der Waals surface area contributed by atoms with Crippen molar-refractivity contribution in [2.75, 3.05) is 13.1 Å². The molecule has 2 aromatic rings. The molecule has 1 aliphatic heterocycles. The third-order valence-electron chi connectivity index (χ3n) is 4.72. The molecule has 0 N–H and O–H groups in total. The first kappa shape index (κ1) is 20.1. The van der Waals surface area contributed by atoms with Gasteiger partial charge in [-0.05, 0) is 39.3 Å². The van der Waals surface area contributed by atoms with Crippen LogP contribution in [0.15, 0.2) is 33.5 Å². The summed E-state index contributed by atoms with van der Waals surface area (Å²) in [5, 5.41) is 0. The highest BCUT2D eigenvalue weighted by atomic mass is 16.5. The van der Waals surface area contributed by atoms with Crippen molar-refractivity contribution < 1.29 is 23.5 Å². The summed E-state index contributed by atoms with van der Waals surface area (Å²) in [6.45, 7) is 6.72. The fourth-order valence-corrected chi connectivity index (χ4v) is 3.53. The fraction of sp³-hybridized carbons (Fsp3) is 0.550. The Labute approximate surface area is 163 Å². The van der Waals surface area contributed by atoms with Crippen molar-refractivity contribution in [1.29, 1.82) is 0 Å². The van der Waals surface area contributed by atoms with Crippen LogP contribution < -0.4 is 5.76 Å². The second-order valence-corrected chi connectivity index (χ2v) is 7.22. The number of benzene rings is 1. The molecule has 1 amide bonds. The fourth-order valence-electron chi connectivity index (χ4n) is 3.53. The summed E-state index contributed by atoms with van der Waals surface area (Å²) in [6, 6.07) is 7.13. The molecule has 1 saturated heterocycles. The number of ether oxygens (including phenoxy) is 2. The number of carbonyl (C=O) groups is 2. The van der Waals surface area contributed by atoms with Crippen LogP contribution in [0.1, 0.15) is 33.6 Å². The third-order valence-corrected chi connectivity index (χ3v) is 4.72. The van der Waals surface area contributed by atoms with E-state index in [0.717, 1.165) is 0 Å². The van der Waals surface area contributed by atoms with Crippen LogP contribution in [0.2, 0.25) is 0 Å². The van der Waals surface area contributed by atoms with Crippen molar-refractivity contribution in [3.05, 3.63) is 34.8 Å². The lowest BCUT2D eigenvalue weighted by atomic mass is 10.2. The molecule has 0 spiro atoms. The highest BCUT2D eigenvalue weighted by molar-refractivity contribution is 5.83. The molecule has 152 valence electrons. The molecule has 8 nitrogen and oxygen atoms in total. The minimum Gasteiger partial charge on any atom is -0.453 e. The van der Waals surface area contributed by atoms with Crippen LogP contribution in [0.3, 0.4) is 0 Å². The van der Waals surface area contributed by atoms with Crippen molar-refractivity contribution in [2.24, 2.45) is 0 Å². The van der Waals surface area contributed by atoms with Gasteiger partial charge in [0.15, 0.2) is 11.7 Å². The number of rotatable bonds is 6. The van der Waals surface area contributed by atoms with Crippen LogP contribution >= 0.6 is 0 Å². The lowest BCUT2D eigenvalue weighted by Crippen LogP contribution is -2.51. The zero-order chi connectivity index (χ0) is 20.3. The normalized spacial score (nSPS) is 20.9. The zero-order valence-corrected chi connectivity index (χ0v) is 16.4. The van der Waals surface area contributed by atoms with E-state index in [-0.39, 0.29) is 24.5 Å². The van der Waals surface area contributed by atoms with Gasteiger partial charge in [-0.15, -0.1) is 0 Å². The maximum absolute atomic E-state index is 12.5. The van der Waals surface area contributed by atoms with Gasteiger partial charge in [-0.1, -0.05) is 12.1 Å². The van der Waals surface area contributed by atoms with E-state index in [1.807, 2.05) is 19.9 Å². The van der Waals surface area contributed by atoms with Gasteiger partial charge in [0.2, 0.25) is 0 Å². The van der Waals surface area contributed by atoms with Gasteiger partial charge in [0.25, 0.3) is 5.91 Å². The number of aromatic nitrogens is 1. The maximum atomic E-state index is 12.5. The molecule has 8 heteroatoms. The molecule has 0 bridgehead atoms. The van der Waals surface area contributed by atoms with Crippen molar-refractivity contribution in [3.8, 4) is 0 Å². The van der Waals surface area contributed by atoms with Crippen molar-refractivity contribution >= 4 is 23.0 Å². The predicted octanol–water partition coefficient (Wildman–Crippen LogP) is 1.94. The molecule has 0 saturated carbocycles. The molecule has 1 aromatic heterocycles. The molecule has 2 heterocycles. The average molecular weight is 390 g/mol. The van der Waals surface area contributed by atoms with Gasteiger partial charge in [0, 0.05) is 26.1 Å². The van der Waals surface area contributed by atoms with Gasteiger partial charge in [-0.2, -0.15) is 0 Å². The molecular weight excluding hydrogens is 364 g/mol. The summed E-state index contributed by atoms with van der Waals surface area (Å²) in [7, 11) is 0. The molecule has 3 atom stereocenters. The number of esters is 1. The molecule has 0 aliphatic carbocycles. The smallest absolute Gasteiger partial charge is 0.419 e. The molecule has 3 rings (SSSR count). The average Bonchev–Trinajstić information content (AvgIpc) is 2.95. The van der Waals surface area contributed by atoms with Gasteiger partial charge in [-0.25, -0.2) is 4.79 Å². The summed E-state index contributed by atoms with van der Waals surface area (Å²) in [6.07, 6.45) is -0.409. The number of para-hydroxylation sites is 2. The molecular formula is C20H26N2O6. The van der Waals surface area contributed by atoms with Gasteiger partial charge < -0.3 is 18.8 Å². The van der Waals surface area contributed by atoms with Gasteiger partial charge >= 0.3 is 11.7 Å². The Morgan fingerprint density at radius 1 is 1.21 bits per heavy atom. The van der Waals surface area contributed by atoms with E-state index in [1.54, 1.807) is 30.0 Å². The molecule has 1 aliphatic rings. The van der Waals surface area contributed by atoms with Crippen LogP contribution in [-0.2, 0) is 25.6 Å². The topological polar surface area (TPSA) is 91.0 Å². The van der Waals surface area contributed by atoms with Crippen LogP contribution in [0.4, 0.5) is 0 Å². The monoisotopic (exact) mass is 390 g/mol. The SMILES string of the molecule is C[C@@H]1CN(C(=O)[C@H](C)OC(=O)CCCn2c(=O)oc3ccccc32)C[C@@H](C)O1. The Bertz CT molecular complexity index is 891. The number of amides is 1. The Balaban J connectivity index is 1.49. The van der Waals surface area contributed by atoms with Gasteiger partial charge in [0.05, 0.1) is 17.7 Å². The van der Waals surface area contributed by atoms with E-state index >= 15 is 0 Å². The highest BCUT2D eigenvalue weighted by Gasteiger charge is 2.30. The van der Waals surface area contributed by atoms with Gasteiger partial charge in [-0.3, -0.25) is 14.2 Å². The molecule has 0 unspecified atom stereocenters. The lowest BCUT2D eigenvalue weighted by Gasteiger charge is -2.36. The minimum absolute atomic E-state index is 0.0429. The number of nitrogens with zero attached hydrogens (tertiary/aromatic N) is 2. The van der Waals surface area contributed by atoms with Crippen molar-refractivity contribution in [3.63, 3.8) is 0 Å². The quantitative estimate of drug-likeness (QED) is 0.700. The molecule has 0 radical (unpaired) electrons.